The maximum Gasteiger partial charge on any atom is 0.338 e. The zero-order valence-corrected chi connectivity index (χ0v) is 16.3. The van der Waals surface area contributed by atoms with Gasteiger partial charge in [-0.15, -0.1) is 0 Å². The summed E-state index contributed by atoms with van der Waals surface area (Å²) in [6.45, 7) is 0. The van der Waals surface area contributed by atoms with E-state index in [1.165, 1.54) is 7.11 Å². The van der Waals surface area contributed by atoms with Crippen LogP contribution in [0, 0.1) is 11.6 Å². The molecule has 9 heteroatoms. The van der Waals surface area contributed by atoms with Crippen molar-refractivity contribution in [2.75, 3.05) is 12.4 Å². The van der Waals surface area contributed by atoms with Crippen LogP contribution in [0.3, 0.4) is 0 Å². The molecule has 1 aromatic carbocycles. The maximum atomic E-state index is 14.2. The summed E-state index contributed by atoms with van der Waals surface area (Å²) in [7, 11) is 1.26. The number of pyridine rings is 1. The molecule has 0 amide bonds. The molecule has 0 fully saturated rings. The summed E-state index contributed by atoms with van der Waals surface area (Å²) in [5.74, 6) is -2.23. The highest BCUT2D eigenvalue weighted by atomic mass is 79.9. The number of nitrogens with zero attached hydrogens (tertiary/aromatic N) is 2. The highest BCUT2D eigenvalue weighted by Crippen LogP contribution is 2.36. The molecule has 1 aromatic heterocycles. The van der Waals surface area contributed by atoms with Crippen LogP contribution in [-0.4, -0.2) is 29.2 Å². The van der Waals surface area contributed by atoms with Gasteiger partial charge in [-0.2, -0.15) is 0 Å². The molecule has 0 saturated heterocycles. The predicted molar refractivity (Wildman–Crippen MR) is 101 cm³/mol. The number of nitrogens with one attached hydrogen (secondary N) is 1. The smallest absolute Gasteiger partial charge is 0.338 e. The van der Waals surface area contributed by atoms with Crippen molar-refractivity contribution in [3.8, 4) is 0 Å². The van der Waals surface area contributed by atoms with Crippen molar-refractivity contribution in [3.63, 3.8) is 0 Å². The molecule has 0 aliphatic carbocycles. The van der Waals surface area contributed by atoms with Gasteiger partial charge in [0.15, 0.2) is 11.7 Å². The van der Waals surface area contributed by atoms with Gasteiger partial charge in [0.05, 0.1) is 18.9 Å². The standard InChI is InChI=1S/C18H13BrClF2N3O2/c1-27-18(26)14-13(7-19)24-17(16-12(22)6-9(21)8-23-16)25-15(14)10-4-2-3-5-11(10)20/h2-6,8,15H,7H2,1H3,(H,24,25). The third-order valence-electron chi connectivity index (χ3n) is 3.90. The fraction of sp³-hybridized carbons (Fsp3) is 0.167. The number of esters is 1. The highest BCUT2D eigenvalue weighted by Gasteiger charge is 2.33. The first-order valence-corrected chi connectivity index (χ1v) is 9.24. The third kappa shape index (κ3) is 3.86. The lowest BCUT2D eigenvalue weighted by molar-refractivity contribution is -0.136. The van der Waals surface area contributed by atoms with Crippen molar-refractivity contribution in [2.24, 2.45) is 4.99 Å². The largest absolute Gasteiger partial charge is 0.466 e. The van der Waals surface area contributed by atoms with Gasteiger partial charge in [-0.25, -0.2) is 18.6 Å². The molecular formula is C18H13BrClF2N3O2. The lowest BCUT2D eigenvalue weighted by atomic mass is 9.95. The first kappa shape index (κ1) is 19.4. The number of ether oxygens (including phenoxy) is 1. The molecule has 0 radical (unpaired) electrons. The molecule has 0 spiro atoms. The van der Waals surface area contributed by atoms with Crippen LogP contribution in [0.4, 0.5) is 8.78 Å². The lowest BCUT2D eigenvalue weighted by Crippen LogP contribution is -2.35. The van der Waals surface area contributed by atoms with Crippen LogP contribution in [-0.2, 0) is 9.53 Å². The molecule has 3 rings (SSSR count). The number of alkyl halides is 1. The number of hydrogen-bond acceptors (Lipinski definition) is 5. The van der Waals surface area contributed by atoms with Crippen molar-refractivity contribution >= 4 is 39.3 Å². The van der Waals surface area contributed by atoms with Crippen LogP contribution < -0.4 is 5.32 Å². The predicted octanol–water partition coefficient (Wildman–Crippen LogP) is 3.93. The molecule has 1 N–H and O–H groups in total. The average Bonchev–Trinajstić information content (AvgIpc) is 2.66. The van der Waals surface area contributed by atoms with Crippen molar-refractivity contribution in [1.82, 2.24) is 10.3 Å². The summed E-state index contributed by atoms with van der Waals surface area (Å²) in [6.07, 6.45) is 0.889. The van der Waals surface area contributed by atoms with Crippen molar-refractivity contribution in [3.05, 3.63) is 75.7 Å². The van der Waals surface area contributed by atoms with Gasteiger partial charge < -0.3 is 10.1 Å². The van der Waals surface area contributed by atoms with Crippen molar-refractivity contribution in [1.29, 1.82) is 0 Å². The summed E-state index contributed by atoms with van der Waals surface area (Å²) >= 11 is 9.60. The Labute approximate surface area is 167 Å². The molecule has 2 aromatic rings. The Morgan fingerprint density at radius 1 is 1.37 bits per heavy atom. The summed E-state index contributed by atoms with van der Waals surface area (Å²) < 4.78 is 32.3. The fourth-order valence-corrected chi connectivity index (χ4v) is 3.36. The van der Waals surface area contributed by atoms with E-state index in [-0.39, 0.29) is 22.4 Å². The number of rotatable bonds is 4. The number of hydrogen-bond donors (Lipinski definition) is 1. The number of aromatic nitrogens is 1. The molecule has 1 atom stereocenters. The SMILES string of the molecule is COC(=O)C1=C(CBr)NC(c2ncc(F)cc2F)=NC1c1ccccc1Cl. The van der Waals surface area contributed by atoms with E-state index in [1.54, 1.807) is 24.3 Å². The van der Waals surface area contributed by atoms with Crippen LogP contribution in [0.1, 0.15) is 17.3 Å². The number of methoxy groups -OCH3 is 1. The minimum Gasteiger partial charge on any atom is -0.466 e. The second-order valence-electron chi connectivity index (χ2n) is 5.53. The molecule has 0 saturated carbocycles. The van der Waals surface area contributed by atoms with Crippen molar-refractivity contribution in [2.45, 2.75) is 6.04 Å². The van der Waals surface area contributed by atoms with Gasteiger partial charge in [-0.05, 0) is 6.07 Å². The van der Waals surface area contributed by atoms with E-state index in [4.69, 9.17) is 16.3 Å². The lowest BCUT2D eigenvalue weighted by Gasteiger charge is -2.27. The van der Waals surface area contributed by atoms with Crippen LogP contribution in [0.25, 0.3) is 0 Å². The minimum absolute atomic E-state index is 0.0551. The summed E-state index contributed by atoms with van der Waals surface area (Å²) in [5, 5.41) is 3.50. The molecular weight excluding hydrogens is 444 g/mol. The molecule has 5 nitrogen and oxygen atoms in total. The van der Waals surface area contributed by atoms with Crippen LogP contribution in [0.15, 0.2) is 52.8 Å². The zero-order valence-electron chi connectivity index (χ0n) is 14.0. The monoisotopic (exact) mass is 455 g/mol. The maximum absolute atomic E-state index is 14.2. The van der Waals surface area contributed by atoms with E-state index in [2.05, 4.69) is 31.2 Å². The van der Waals surface area contributed by atoms with Crippen molar-refractivity contribution < 1.29 is 18.3 Å². The second-order valence-corrected chi connectivity index (χ2v) is 6.50. The van der Waals surface area contributed by atoms with Gasteiger partial charge in [0.1, 0.15) is 17.6 Å². The molecule has 0 bridgehead atoms. The zero-order chi connectivity index (χ0) is 19.6. The minimum atomic E-state index is -0.880. The average molecular weight is 457 g/mol. The number of allylic oxidation sites excluding steroid dienone is 1. The Bertz CT molecular complexity index is 965. The van der Waals surface area contributed by atoms with E-state index in [1.807, 2.05) is 0 Å². The Morgan fingerprint density at radius 3 is 2.74 bits per heavy atom. The number of carbonyl (C=O) groups excluding carboxylic acids is 1. The number of carbonyl (C=O) groups is 1. The summed E-state index contributed by atoms with van der Waals surface area (Å²) in [5.41, 5.74) is 1.02. The fourth-order valence-electron chi connectivity index (χ4n) is 2.68. The Kier molecular flexibility index (Phi) is 5.86. The van der Waals surface area contributed by atoms with E-state index >= 15 is 0 Å². The van der Waals surface area contributed by atoms with Gasteiger partial charge in [0.25, 0.3) is 0 Å². The van der Waals surface area contributed by atoms with E-state index in [0.29, 0.717) is 22.3 Å². The summed E-state index contributed by atoms with van der Waals surface area (Å²) in [6, 6.07) is 6.73. The number of halogens is 4. The number of aliphatic imine (C=N–C) groups is 1. The van der Waals surface area contributed by atoms with Gasteiger partial charge in [0.2, 0.25) is 0 Å². The highest BCUT2D eigenvalue weighted by molar-refractivity contribution is 9.09. The van der Waals surface area contributed by atoms with Gasteiger partial charge in [-0.3, -0.25) is 4.99 Å². The van der Waals surface area contributed by atoms with Crippen LogP contribution in [0.5, 0.6) is 0 Å². The van der Waals surface area contributed by atoms with E-state index in [9.17, 15) is 13.6 Å². The Morgan fingerprint density at radius 2 is 2.11 bits per heavy atom. The van der Waals surface area contributed by atoms with E-state index in [0.717, 1.165) is 6.20 Å². The Balaban J connectivity index is 2.19. The molecule has 2 heterocycles. The number of amidine groups is 1. The molecule has 140 valence electrons. The second kappa shape index (κ2) is 8.14. The van der Waals surface area contributed by atoms with Crippen LogP contribution >= 0.6 is 27.5 Å². The quantitative estimate of drug-likeness (QED) is 0.559. The molecule has 1 aliphatic heterocycles. The van der Waals surface area contributed by atoms with Gasteiger partial charge in [-0.1, -0.05) is 45.7 Å². The third-order valence-corrected chi connectivity index (χ3v) is 4.80. The molecule has 1 aliphatic rings. The normalized spacial score (nSPS) is 16.6. The Hall–Kier alpha value is -2.32. The summed E-state index contributed by atoms with van der Waals surface area (Å²) in [4.78, 5) is 20.6. The van der Waals surface area contributed by atoms with Gasteiger partial charge >= 0.3 is 5.97 Å². The molecule has 27 heavy (non-hydrogen) atoms. The molecule has 1 unspecified atom stereocenters. The van der Waals surface area contributed by atoms with E-state index < -0.39 is 23.6 Å². The first-order valence-electron chi connectivity index (χ1n) is 7.74. The van der Waals surface area contributed by atoms with Crippen LogP contribution in [0.2, 0.25) is 5.02 Å². The first-order chi connectivity index (χ1) is 13.0. The van der Waals surface area contributed by atoms with Gasteiger partial charge in [0, 0.05) is 27.7 Å². The number of benzene rings is 1. The topological polar surface area (TPSA) is 63.6 Å².